The number of carbonyl (C=O) groups is 1. The van der Waals surface area contributed by atoms with Crippen LogP contribution in [0.1, 0.15) is 32.0 Å². The molecule has 1 aromatic rings. The Kier molecular flexibility index (Phi) is 6.14. The Morgan fingerprint density at radius 3 is 3.06 bits per heavy atom. The van der Waals surface area contributed by atoms with E-state index in [1.807, 2.05) is 4.57 Å². The smallest absolute Gasteiger partial charge is 0.329 e. The fourth-order valence-electron chi connectivity index (χ4n) is 1.73. The Labute approximate surface area is 108 Å². The van der Waals surface area contributed by atoms with Gasteiger partial charge < -0.3 is 9.30 Å². The molecule has 1 unspecified atom stereocenters. The summed E-state index contributed by atoms with van der Waals surface area (Å²) >= 11 is 0. The fourth-order valence-corrected chi connectivity index (χ4v) is 1.73. The molecule has 0 bridgehead atoms. The molecule has 0 aliphatic carbocycles. The number of hydrogen-bond donors (Lipinski definition) is 1. The Hall–Kier alpha value is -1.62. The molecule has 0 aliphatic heterocycles. The molecule has 0 fully saturated rings. The molecule has 1 heterocycles. The second-order valence-electron chi connectivity index (χ2n) is 3.89. The van der Waals surface area contributed by atoms with Crippen LogP contribution in [0, 0.1) is 0 Å². The molecule has 1 aromatic heterocycles. The molecule has 0 saturated heterocycles. The molecular weight excluding hydrogens is 230 g/mol. The van der Waals surface area contributed by atoms with Crippen LogP contribution in [0.5, 0.6) is 0 Å². The van der Waals surface area contributed by atoms with Gasteiger partial charge in [0.1, 0.15) is 6.04 Å². The maximum atomic E-state index is 11.9. The number of aryl methyl sites for hydroxylation is 1. The van der Waals surface area contributed by atoms with E-state index in [-0.39, 0.29) is 5.97 Å². The summed E-state index contributed by atoms with van der Waals surface area (Å²) < 4.78 is 7.05. The van der Waals surface area contributed by atoms with Crippen LogP contribution < -0.4 is 5.32 Å². The van der Waals surface area contributed by atoms with Gasteiger partial charge in [0.2, 0.25) is 0 Å². The standard InChI is InChI=1S/C13H21N3O2/c1-4-7-15-12(13(17)18-6-3)11-9-14-10-16(11)8-5-2/h4,9-10,12,15H,1,5-8H2,2-3H3. The number of ether oxygens (including phenoxy) is 1. The minimum absolute atomic E-state index is 0.280. The quantitative estimate of drug-likeness (QED) is 0.564. The number of esters is 1. The molecule has 0 aromatic carbocycles. The predicted molar refractivity (Wildman–Crippen MR) is 70.1 cm³/mol. The van der Waals surface area contributed by atoms with Crippen LogP contribution >= 0.6 is 0 Å². The van der Waals surface area contributed by atoms with Gasteiger partial charge in [-0.2, -0.15) is 0 Å². The molecule has 5 nitrogen and oxygen atoms in total. The third-order valence-electron chi connectivity index (χ3n) is 2.49. The van der Waals surface area contributed by atoms with Crippen molar-refractivity contribution < 1.29 is 9.53 Å². The summed E-state index contributed by atoms with van der Waals surface area (Å²) in [5, 5.41) is 3.10. The van der Waals surface area contributed by atoms with Crippen LogP contribution in [0.2, 0.25) is 0 Å². The van der Waals surface area contributed by atoms with Crippen LogP contribution in [0.25, 0.3) is 0 Å². The number of rotatable bonds is 8. The number of carbonyl (C=O) groups excluding carboxylic acids is 1. The number of aromatic nitrogens is 2. The molecule has 1 atom stereocenters. The van der Waals surface area contributed by atoms with E-state index in [0.29, 0.717) is 13.2 Å². The Morgan fingerprint density at radius 1 is 1.67 bits per heavy atom. The first kappa shape index (κ1) is 14.4. The maximum Gasteiger partial charge on any atom is 0.329 e. The summed E-state index contributed by atoms with van der Waals surface area (Å²) in [5.74, 6) is -0.280. The molecule has 1 N–H and O–H groups in total. The molecule has 100 valence electrons. The largest absolute Gasteiger partial charge is 0.465 e. The lowest BCUT2D eigenvalue weighted by Crippen LogP contribution is -2.32. The maximum absolute atomic E-state index is 11.9. The van der Waals surface area contributed by atoms with E-state index in [4.69, 9.17) is 4.74 Å². The third-order valence-corrected chi connectivity index (χ3v) is 2.49. The van der Waals surface area contributed by atoms with Gasteiger partial charge in [-0.1, -0.05) is 13.0 Å². The van der Waals surface area contributed by atoms with E-state index in [9.17, 15) is 4.79 Å². The highest BCUT2D eigenvalue weighted by molar-refractivity contribution is 5.77. The van der Waals surface area contributed by atoms with Crippen molar-refractivity contribution in [3.8, 4) is 0 Å². The first-order valence-electron chi connectivity index (χ1n) is 6.25. The van der Waals surface area contributed by atoms with Crippen LogP contribution in [-0.4, -0.2) is 28.7 Å². The van der Waals surface area contributed by atoms with Crippen molar-refractivity contribution in [2.24, 2.45) is 0 Å². The highest BCUT2D eigenvalue weighted by atomic mass is 16.5. The molecule has 0 aliphatic rings. The van der Waals surface area contributed by atoms with Crippen molar-refractivity contribution >= 4 is 5.97 Å². The van der Waals surface area contributed by atoms with Gasteiger partial charge in [-0.25, -0.2) is 9.78 Å². The Bertz CT molecular complexity index is 387. The average molecular weight is 251 g/mol. The van der Waals surface area contributed by atoms with E-state index in [1.54, 1.807) is 25.5 Å². The predicted octanol–water partition coefficient (Wildman–Crippen LogP) is 1.67. The van der Waals surface area contributed by atoms with E-state index in [2.05, 4.69) is 23.8 Å². The van der Waals surface area contributed by atoms with Gasteiger partial charge in [-0.15, -0.1) is 6.58 Å². The van der Waals surface area contributed by atoms with Crippen molar-refractivity contribution in [2.75, 3.05) is 13.2 Å². The van der Waals surface area contributed by atoms with E-state index >= 15 is 0 Å². The van der Waals surface area contributed by atoms with E-state index in [0.717, 1.165) is 18.7 Å². The van der Waals surface area contributed by atoms with Gasteiger partial charge in [-0.3, -0.25) is 5.32 Å². The fraction of sp³-hybridized carbons (Fsp3) is 0.538. The van der Waals surface area contributed by atoms with Crippen molar-refractivity contribution in [1.82, 2.24) is 14.9 Å². The zero-order valence-electron chi connectivity index (χ0n) is 11.1. The van der Waals surface area contributed by atoms with E-state index < -0.39 is 6.04 Å². The van der Waals surface area contributed by atoms with Gasteiger partial charge in [-0.05, 0) is 13.3 Å². The summed E-state index contributed by atoms with van der Waals surface area (Å²) in [6.07, 6.45) is 6.14. The highest BCUT2D eigenvalue weighted by Crippen LogP contribution is 2.15. The molecule has 5 heteroatoms. The topological polar surface area (TPSA) is 56.1 Å². The first-order chi connectivity index (χ1) is 8.74. The van der Waals surface area contributed by atoms with Gasteiger partial charge in [0.05, 0.1) is 24.8 Å². The SMILES string of the molecule is C=CCNC(C(=O)OCC)c1cncn1CCC. The number of imidazole rings is 1. The van der Waals surface area contributed by atoms with Crippen LogP contribution in [0.15, 0.2) is 25.2 Å². The molecule has 18 heavy (non-hydrogen) atoms. The van der Waals surface area contributed by atoms with Crippen molar-refractivity contribution in [3.63, 3.8) is 0 Å². The summed E-state index contributed by atoms with van der Waals surface area (Å²) in [6, 6.07) is -0.489. The number of hydrogen-bond acceptors (Lipinski definition) is 4. The van der Waals surface area contributed by atoms with Crippen molar-refractivity contribution in [3.05, 3.63) is 30.9 Å². The number of nitrogens with one attached hydrogen (secondary N) is 1. The average Bonchev–Trinajstić information content (AvgIpc) is 2.79. The van der Waals surface area contributed by atoms with Crippen molar-refractivity contribution in [1.29, 1.82) is 0 Å². The van der Waals surface area contributed by atoms with Gasteiger partial charge >= 0.3 is 5.97 Å². The van der Waals surface area contributed by atoms with Gasteiger partial charge in [0, 0.05) is 13.1 Å². The van der Waals surface area contributed by atoms with Crippen LogP contribution in [-0.2, 0) is 16.1 Å². The van der Waals surface area contributed by atoms with Crippen LogP contribution in [0.4, 0.5) is 0 Å². The second kappa shape index (κ2) is 7.66. The molecule has 0 amide bonds. The first-order valence-corrected chi connectivity index (χ1v) is 6.25. The molecule has 0 saturated carbocycles. The summed E-state index contributed by atoms with van der Waals surface area (Å²) in [6.45, 7) is 9.27. The van der Waals surface area contributed by atoms with Gasteiger partial charge in [0.15, 0.2) is 0 Å². The lowest BCUT2D eigenvalue weighted by Gasteiger charge is -2.18. The van der Waals surface area contributed by atoms with E-state index in [1.165, 1.54) is 0 Å². The van der Waals surface area contributed by atoms with Gasteiger partial charge in [0.25, 0.3) is 0 Å². The molecule has 1 rings (SSSR count). The molecule has 0 radical (unpaired) electrons. The molecule has 0 spiro atoms. The lowest BCUT2D eigenvalue weighted by molar-refractivity contribution is -0.146. The van der Waals surface area contributed by atoms with Crippen LogP contribution in [0.3, 0.4) is 0 Å². The normalized spacial score (nSPS) is 12.1. The second-order valence-corrected chi connectivity index (χ2v) is 3.89. The monoisotopic (exact) mass is 251 g/mol. The minimum Gasteiger partial charge on any atom is -0.465 e. The Balaban J connectivity index is 2.89. The summed E-state index contributed by atoms with van der Waals surface area (Å²) in [7, 11) is 0. The highest BCUT2D eigenvalue weighted by Gasteiger charge is 2.24. The van der Waals surface area contributed by atoms with Crippen molar-refractivity contribution in [2.45, 2.75) is 32.9 Å². The summed E-state index contributed by atoms with van der Waals surface area (Å²) in [5.41, 5.74) is 0.831. The third kappa shape index (κ3) is 3.70. The lowest BCUT2D eigenvalue weighted by atomic mass is 10.2. The molecular formula is C13H21N3O2. The zero-order chi connectivity index (χ0) is 13.4. The minimum atomic E-state index is -0.489. The summed E-state index contributed by atoms with van der Waals surface area (Å²) in [4.78, 5) is 16.0. The number of nitrogens with zero attached hydrogens (tertiary/aromatic N) is 2. The Morgan fingerprint density at radius 2 is 2.44 bits per heavy atom. The zero-order valence-corrected chi connectivity index (χ0v) is 11.1.